The lowest BCUT2D eigenvalue weighted by atomic mass is 9.83. The van der Waals surface area contributed by atoms with Crippen LogP contribution in [0.15, 0.2) is 21.3 Å². The first-order valence-electron chi connectivity index (χ1n) is 11.7. The lowest BCUT2D eigenvalue weighted by molar-refractivity contribution is -0.136. The molecule has 1 aromatic carbocycles. The number of carboxylic acids is 1. The third-order valence-corrected chi connectivity index (χ3v) is 5.21. The van der Waals surface area contributed by atoms with Crippen molar-refractivity contribution in [3.63, 3.8) is 0 Å². The molecule has 0 fully saturated rings. The minimum absolute atomic E-state index is 0.193. The van der Waals surface area contributed by atoms with E-state index in [1.807, 2.05) is 47.6 Å². The van der Waals surface area contributed by atoms with Crippen molar-refractivity contribution < 1.29 is 14.3 Å². The molecule has 0 atom stereocenters. The van der Waals surface area contributed by atoms with E-state index in [0.717, 1.165) is 60.6 Å². The predicted molar refractivity (Wildman–Crippen MR) is 128 cm³/mol. The van der Waals surface area contributed by atoms with Gasteiger partial charge in [-0.2, -0.15) is 0 Å². The molecule has 0 saturated heterocycles. The van der Waals surface area contributed by atoms with E-state index in [4.69, 9.17) is 4.42 Å². The molecule has 0 aliphatic carbocycles. The summed E-state index contributed by atoms with van der Waals surface area (Å²) in [5, 5.41) is 10.2. The Kier molecular flexibility index (Phi) is 13.8. The molecule has 2 aromatic rings. The van der Waals surface area contributed by atoms with E-state index < -0.39 is 11.6 Å². The van der Waals surface area contributed by atoms with Crippen molar-refractivity contribution in [3.05, 3.63) is 44.8 Å². The maximum atomic E-state index is 12.6. The van der Waals surface area contributed by atoms with E-state index in [0.29, 0.717) is 11.1 Å². The van der Waals surface area contributed by atoms with Gasteiger partial charge in [-0.25, -0.2) is 4.79 Å². The number of rotatable bonds is 9. The lowest BCUT2D eigenvalue weighted by Crippen LogP contribution is -2.19. The number of unbranched alkanes of at least 4 members (excludes halogenated alkanes) is 2. The number of benzene rings is 1. The number of carbonyl (C=O) groups is 1. The molecule has 170 valence electrons. The normalized spacial score (nSPS) is 10.3. The molecule has 0 spiro atoms. The van der Waals surface area contributed by atoms with Crippen LogP contribution < -0.4 is 5.63 Å². The molecule has 0 aliphatic heterocycles. The summed E-state index contributed by atoms with van der Waals surface area (Å²) in [6.45, 7) is 16.3. The van der Waals surface area contributed by atoms with Crippen LogP contribution in [0.1, 0.15) is 108 Å². The van der Waals surface area contributed by atoms with Gasteiger partial charge in [-0.15, -0.1) is 0 Å². The van der Waals surface area contributed by atoms with Gasteiger partial charge in [0.25, 0.3) is 0 Å². The van der Waals surface area contributed by atoms with Crippen molar-refractivity contribution in [3.8, 4) is 0 Å². The molecular weight excluding hydrogens is 376 g/mol. The van der Waals surface area contributed by atoms with Crippen LogP contribution in [0.2, 0.25) is 0 Å². The van der Waals surface area contributed by atoms with Gasteiger partial charge in [0.05, 0.1) is 12.0 Å². The van der Waals surface area contributed by atoms with Gasteiger partial charge in [0.2, 0.25) is 0 Å². The minimum atomic E-state index is -0.994. The third-order valence-electron chi connectivity index (χ3n) is 5.21. The Bertz CT molecular complexity index is 825. The number of hydrogen-bond acceptors (Lipinski definition) is 3. The lowest BCUT2D eigenvalue weighted by Gasteiger charge is -2.22. The first kappa shape index (κ1) is 27.9. The standard InChI is InChI=1S/C22H30O4.2C2H6/c1-5-7-9-16(10-8-6-2)21-17-11-14(3)15(4)12-19(17)26-22(25)18(21)13-20(23)24;2*1-2/h11-12,16H,5-10,13H2,1-4H3,(H,23,24);2*1-2H3. The van der Waals surface area contributed by atoms with Crippen molar-refractivity contribution in [1.29, 1.82) is 0 Å². The molecule has 1 heterocycles. The van der Waals surface area contributed by atoms with Crippen LogP contribution in [-0.4, -0.2) is 11.1 Å². The average Bonchev–Trinajstić information content (AvgIpc) is 2.73. The second-order valence-electron chi connectivity index (χ2n) is 7.27. The van der Waals surface area contributed by atoms with E-state index >= 15 is 0 Å². The number of carboxylic acid groups (broad SMARTS) is 1. The number of aryl methyl sites for hydroxylation is 2. The fourth-order valence-corrected chi connectivity index (χ4v) is 3.64. The van der Waals surface area contributed by atoms with Gasteiger partial charge in [-0.3, -0.25) is 4.79 Å². The Labute approximate surface area is 182 Å². The fourth-order valence-electron chi connectivity index (χ4n) is 3.64. The van der Waals surface area contributed by atoms with Crippen molar-refractivity contribution in [2.45, 2.75) is 106 Å². The van der Waals surface area contributed by atoms with Crippen molar-refractivity contribution >= 4 is 16.9 Å². The second-order valence-corrected chi connectivity index (χ2v) is 7.27. The Hall–Kier alpha value is -2.10. The zero-order valence-electron chi connectivity index (χ0n) is 20.4. The van der Waals surface area contributed by atoms with Gasteiger partial charge < -0.3 is 9.52 Å². The molecule has 0 amide bonds. The summed E-state index contributed by atoms with van der Waals surface area (Å²) in [6.07, 6.45) is 5.93. The molecule has 2 rings (SSSR count). The zero-order valence-corrected chi connectivity index (χ0v) is 20.4. The first-order chi connectivity index (χ1) is 14.4. The van der Waals surface area contributed by atoms with Gasteiger partial charge in [-0.1, -0.05) is 67.2 Å². The van der Waals surface area contributed by atoms with E-state index in [-0.39, 0.29) is 12.3 Å². The van der Waals surface area contributed by atoms with Crippen LogP contribution in [-0.2, 0) is 11.2 Å². The first-order valence-corrected chi connectivity index (χ1v) is 11.7. The van der Waals surface area contributed by atoms with Crippen LogP contribution >= 0.6 is 0 Å². The Balaban J connectivity index is 0.00000198. The maximum Gasteiger partial charge on any atom is 0.340 e. The Morgan fingerprint density at radius 3 is 1.93 bits per heavy atom. The van der Waals surface area contributed by atoms with Crippen LogP contribution in [0.3, 0.4) is 0 Å². The highest BCUT2D eigenvalue weighted by Crippen LogP contribution is 2.35. The highest BCUT2D eigenvalue weighted by atomic mass is 16.4. The van der Waals surface area contributed by atoms with Crippen LogP contribution in [0.4, 0.5) is 0 Å². The monoisotopic (exact) mass is 418 g/mol. The second kappa shape index (κ2) is 14.8. The van der Waals surface area contributed by atoms with Gasteiger partial charge in [0.1, 0.15) is 5.58 Å². The van der Waals surface area contributed by atoms with E-state index in [2.05, 4.69) is 19.9 Å². The maximum absolute atomic E-state index is 12.6. The molecule has 0 bridgehead atoms. The molecule has 1 aromatic heterocycles. The van der Waals surface area contributed by atoms with Gasteiger partial charge >= 0.3 is 11.6 Å². The largest absolute Gasteiger partial charge is 0.481 e. The summed E-state index contributed by atoms with van der Waals surface area (Å²) in [4.78, 5) is 24.0. The molecule has 0 saturated carbocycles. The third kappa shape index (κ3) is 7.62. The molecular formula is C26H42O4. The number of fused-ring (bicyclic) bond motifs is 1. The molecule has 0 aliphatic rings. The van der Waals surface area contributed by atoms with Crippen molar-refractivity contribution in [2.24, 2.45) is 0 Å². The molecule has 0 radical (unpaired) electrons. The topological polar surface area (TPSA) is 67.5 Å². The minimum Gasteiger partial charge on any atom is -0.481 e. The summed E-state index contributed by atoms with van der Waals surface area (Å²) in [5.41, 5.74) is 3.49. The number of aliphatic carboxylic acids is 1. The number of hydrogen-bond donors (Lipinski definition) is 1. The summed E-state index contributed by atoms with van der Waals surface area (Å²) in [7, 11) is 0. The fraction of sp³-hybridized carbons (Fsp3) is 0.615. The molecule has 1 N–H and O–H groups in total. The highest BCUT2D eigenvalue weighted by Gasteiger charge is 2.24. The van der Waals surface area contributed by atoms with E-state index in [9.17, 15) is 14.7 Å². The predicted octanol–water partition coefficient (Wildman–Crippen LogP) is 7.55. The quantitative estimate of drug-likeness (QED) is 0.427. The summed E-state index contributed by atoms with van der Waals surface area (Å²) in [5.74, 6) is -0.801. The van der Waals surface area contributed by atoms with Crippen LogP contribution in [0.5, 0.6) is 0 Å². The van der Waals surface area contributed by atoms with Crippen molar-refractivity contribution in [1.82, 2.24) is 0 Å². The van der Waals surface area contributed by atoms with E-state index in [1.165, 1.54) is 0 Å². The smallest absolute Gasteiger partial charge is 0.340 e. The molecule has 4 heteroatoms. The van der Waals surface area contributed by atoms with Gasteiger partial charge in [-0.05, 0) is 61.4 Å². The average molecular weight is 419 g/mol. The summed E-state index contributed by atoms with van der Waals surface area (Å²) >= 11 is 0. The highest BCUT2D eigenvalue weighted by molar-refractivity contribution is 5.85. The summed E-state index contributed by atoms with van der Waals surface area (Å²) in [6, 6.07) is 3.95. The van der Waals surface area contributed by atoms with E-state index in [1.54, 1.807) is 0 Å². The van der Waals surface area contributed by atoms with Crippen LogP contribution in [0, 0.1) is 13.8 Å². The molecule has 4 nitrogen and oxygen atoms in total. The molecule has 0 unspecified atom stereocenters. The van der Waals surface area contributed by atoms with Gasteiger partial charge in [0, 0.05) is 5.39 Å². The van der Waals surface area contributed by atoms with Gasteiger partial charge in [0.15, 0.2) is 0 Å². The SMILES string of the molecule is CC.CC.CCCCC(CCCC)c1c(CC(=O)O)c(=O)oc2cc(C)c(C)cc12. The Morgan fingerprint density at radius 1 is 0.967 bits per heavy atom. The zero-order chi connectivity index (χ0) is 23.3. The Morgan fingerprint density at radius 2 is 1.47 bits per heavy atom. The summed E-state index contributed by atoms with van der Waals surface area (Å²) < 4.78 is 5.51. The molecule has 30 heavy (non-hydrogen) atoms. The van der Waals surface area contributed by atoms with Crippen LogP contribution in [0.25, 0.3) is 11.0 Å². The van der Waals surface area contributed by atoms with Crippen molar-refractivity contribution in [2.75, 3.05) is 0 Å².